The Morgan fingerprint density at radius 1 is 1.05 bits per heavy atom. The lowest BCUT2D eigenvalue weighted by Gasteiger charge is -2.13. The summed E-state index contributed by atoms with van der Waals surface area (Å²) in [5.74, 6) is 0.158. The lowest BCUT2D eigenvalue weighted by molar-refractivity contribution is -0.126. The minimum Gasteiger partial charge on any atom is -0.291 e. The first-order chi connectivity index (χ1) is 10.8. The molecule has 0 N–H and O–H groups in total. The van der Waals surface area contributed by atoms with Crippen LogP contribution < -0.4 is 0 Å². The van der Waals surface area contributed by atoms with Crippen molar-refractivity contribution in [1.82, 2.24) is 4.90 Å². The third kappa shape index (κ3) is 3.22. The normalized spacial score (nSPS) is 19.9. The summed E-state index contributed by atoms with van der Waals surface area (Å²) in [6.07, 6.45) is 0.745. The van der Waals surface area contributed by atoms with Crippen LogP contribution in [0.4, 0.5) is 5.69 Å². The van der Waals surface area contributed by atoms with Gasteiger partial charge >= 0.3 is 0 Å². The lowest BCUT2D eigenvalue weighted by Crippen LogP contribution is -2.32. The Labute approximate surface area is 135 Å². The highest BCUT2D eigenvalue weighted by Crippen LogP contribution is 2.31. The van der Waals surface area contributed by atoms with Crippen molar-refractivity contribution >= 4 is 28.5 Å². The molecule has 0 unspecified atom stereocenters. The highest BCUT2D eigenvalue weighted by Gasteiger charge is 2.36. The molecule has 3 rings (SSSR count). The summed E-state index contributed by atoms with van der Waals surface area (Å²) in [7, 11) is 0. The third-order valence-corrected chi connectivity index (χ3v) is 4.76. The van der Waals surface area contributed by atoms with E-state index in [0.717, 1.165) is 17.3 Å². The third-order valence-electron chi connectivity index (χ3n) is 3.58. The van der Waals surface area contributed by atoms with E-state index in [1.165, 1.54) is 5.56 Å². The van der Waals surface area contributed by atoms with Crippen molar-refractivity contribution in [3.8, 4) is 0 Å². The summed E-state index contributed by atoms with van der Waals surface area (Å²) in [5.41, 5.74) is 2.07. The Balaban J connectivity index is 1.81. The fourth-order valence-corrected chi connectivity index (χ4v) is 3.72. The van der Waals surface area contributed by atoms with E-state index >= 15 is 0 Å². The summed E-state index contributed by atoms with van der Waals surface area (Å²) in [5, 5.41) is 0.726. The van der Waals surface area contributed by atoms with Gasteiger partial charge < -0.3 is 0 Å². The Kier molecular flexibility index (Phi) is 4.59. The van der Waals surface area contributed by atoms with Crippen LogP contribution in [-0.4, -0.2) is 27.8 Å². The second kappa shape index (κ2) is 6.79. The van der Waals surface area contributed by atoms with Gasteiger partial charge in [-0.15, -0.1) is 0 Å². The van der Waals surface area contributed by atoms with E-state index in [1.54, 1.807) is 16.7 Å². The molecule has 3 nitrogen and oxygen atoms in total. The molecule has 0 saturated carbocycles. The van der Waals surface area contributed by atoms with Crippen LogP contribution in [0.2, 0.25) is 0 Å². The fourth-order valence-electron chi connectivity index (χ4n) is 2.46. The Morgan fingerprint density at radius 3 is 2.32 bits per heavy atom. The van der Waals surface area contributed by atoms with Gasteiger partial charge in [0.2, 0.25) is 5.91 Å². The zero-order valence-electron chi connectivity index (χ0n) is 12.5. The predicted octanol–water partition coefficient (Wildman–Crippen LogP) is 3.88. The zero-order valence-corrected chi connectivity index (χ0v) is 13.3. The molecule has 22 heavy (non-hydrogen) atoms. The van der Waals surface area contributed by atoms with E-state index < -0.39 is 0 Å². The van der Waals surface area contributed by atoms with Gasteiger partial charge in [-0.25, -0.2) is 4.99 Å². The molecule has 1 aliphatic rings. The molecule has 0 aromatic heterocycles. The molecular weight excluding hydrogens is 292 g/mol. The van der Waals surface area contributed by atoms with Crippen LogP contribution in [0.5, 0.6) is 0 Å². The highest BCUT2D eigenvalue weighted by atomic mass is 32.2. The monoisotopic (exact) mass is 310 g/mol. The van der Waals surface area contributed by atoms with E-state index in [1.807, 2.05) is 55.5 Å². The first kappa shape index (κ1) is 14.9. The Bertz CT molecular complexity index is 670. The first-order valence-electron chi connectivity index (χ1n) is 7.43. The average Bonchev–Trinajstić information content (AvgIpc) is 2.84. The molecule has 0 aliphatic carbocycles. The summed E-state index contributed by atoms with van der Waals surface area (Å²) < 4.78 is 0. The predicted molar refractivity (Wildman–Crippen MR) is 92.4 cm³/mol. The van der Waals surface area contributed by atoms with Crippen LogP contribution in [0.3, 0.4) is 0 Å². The van der Waals surface area contributed by atoms with E-state index in [0.29, 0.717) is 6.54 Å². The smallest absolute Gasteiger partial charge is 0.242 e. The molecule has 0 bridgehead atoms. The molecule has 4 heteroatoms. The topological polar surface area (TPSA) is 32.7 Å². The number of amides is 1. The van der Waals surface area contributed by atoms with Crippen LogP contribution in [0.25, 0.3) is 0 Å². The standard InChI is InChI=1S/C18H18N2OS/c1-2-20-17(21)16(13-14-9-5-3-6-10-14)22-18(20)19-15-11-7-4-8-12-15/h3-12,16H,2,13H2,1H3/t16-/m0/s1. The summed E-state index contributed by atoms with van der Waals surface area (Å²) in [4.78, 5) is 19.0. The molecule has 1 aliphatic heterocycles. The Morgan fingerprint density at radius 2 is 1.68 bits per heavy atom. The average molecular weight is 310 g/mol. The maximum absolute atomic E-state index is 12.6. The van der Waals surface area contributed by atoms with Crippen molar-refractivity contribution in [2.24, 2.45) is 4.99 Å². The van der Waals surface area contributed by atoms with E-state index in [9.17, 15) is 4.79 Å². The first-order valence-corrected chi connectivity index (χ1v) is 8.31. The minimum atomic E-state index is -0.0789. The molecule has 2 aromatic carbocycles. The number of hydrogen-bond acceptors (Lipinski definition) is 3. The second-order valence-electron chi connectivity index (χ2n) is 5.11. The van der Waals surface area contributed by atoms with Gasteiger partial charge in [0.25, 0.3) is 0 Å². The Hall–Kier alpha value is -2.07. The number of nitrogens with zero attached hydrogens (tertiary/aromatic N) is 2. The molecule has 1 atom stereocenters. The molecule has 0 spiro atoms. The SMILES string of the molecule is CCN1C(=O)[C@H](Cc2ccccc2)SC1=Nc1ccccc1. The number of aliphatic imine (C=N–C) groups is 1. The summed E-state index contributed by atoms with van der Waals surface area (Å²) >= 11 is 1.57. The number of benzene rings is 2. The van der Waals surface area contributed by atoms with Gasteiger partial charge in [0.1, 0.15) is 0 Å². The van der Waals surface area contributed by atoms with Gasteiger partial charge in [0.15, 0.2) is 5.17 Å². The van der Waals surface area contributed by atoms with Gasteiger partial charge in [-0.05, 0) is 31.0 Å². The maximum Gasteiger partial charge on any atom is 0.242 e. The molecule has 2 aromatic rings. The van der Waals surface area contributed by atoms with E-state index in [-0.39, 0.29) is 11.2 Å². The van der Waals surface area contributed by atoms with Gasteiger partial charge in [-0.1, -0.05) is 60.3 Å². The van der Waals surface area contributed by atoms with Crippen LogP contribution in [0, 0.1) is 0 Å². The van der Waals surface area contributed by atoms with E-state index in [2.05, 4.69) is 17.1 Å². The molecule has 1 saturated heterocycles. The number of amidine groups is 1. The number of para-hydroxylation sites is 1. The number of carbonyl (C=O) groups is 1. The molecule has 0 radical (unpaired) electrons. The van der Waals surface area contributed by atoms with Gasteiger partial charge in [0.05, 0.1) is 10.9 Å². The van der Waals surface area contributed by atoms with Crippen LogP contribution in [0.15, 0.2) is 65.7 Å². The quantitative estimate of drug-likeness (QED) is 0.858. The van der Waals surface area contributed by atoms with Crippen molar-refractivity contribution in [3.05, 3.63) is 66.2 Å². The molecule has 112 valence electrons. The largest absolute Gasteiger partial charge is 0.291 e. The molecule has 1 fully saturated rings. The molecular formula is C18H18N2OS. The van der Waals surface area contributed by atoms with Crippen molar-refractivity contribution in [2.75, 3.05) is 6.54 Å². The van der Waals surface area contributed by atoms with Crippen LogP contribution >= 0.6 is 11.8 Å². The van der Waals surface area contributed by atoms with Crippen LogP contribution in [-0.2, 0) is 11.2 Å². The van der Waals surface area contributed by atoms with E-state index in [4.69, 9.17) is 0 Å². The van der Waals surface area contributed by atoms with Crippen molar-refractivity contribution in [3.63, 3.8) is 0 Å². The lowest BCUT2D eigenvalue weighted by atomic mass is 10.1. The molecule has 1 heterocycles. The van der Waals surface area contributed by atoms with Crippen LogP contribution in [0.1, 0.15) is 12.5 Å². The van der Waals surface area contributed by atoms with Gasteiger partial charge in [-0.2, -0.15) is 0 Å². The van der Waals surface area contributed by atoms with Crippen molar-refractivity contribution in [2.45, 2.75) is 18.6 Å². The fraction of sp³-hybridized carbons (Fsp3) is 0.222. The number of hydrogen-bond donors (Lipinski definition) is 0. The van der Waals surface area contributed by atoms with Crippen molar-refractivity contribution in [1.29, 1.82) is 0 Å². The summed E-state index contributed by atoms with van der Waals surface area (Å²) in [6, 6.07) is 19.9. The zero-order chi connectivity index (χ0) is 15.4. The van der Waals surface area contributed by atoms with Gasteiger partial charge in [0, 0.05) is 6.54 Å². The second-order valence-corrected chi connectivity index (χ2v) is 6.28. The minimum absolute atomic E-state index is 0.0789. The number of carbonyl (C=O) groups excluding carboxylic acids is 1. The molecule has 1 amide bonds. The van der Waals surface area contributed by atoms with Crippen molar-refractivity contribution < 1.29 is 4.79 Å². The number of rotatable bonds is 4. The highest BCUT2D eigenvalue weighted by molar-refractivity contribution is 8.15. The van der Waals surface area contributed by atoms with Gasteiger partial charge in [-0.3, -0.25) is 9.69 Å². The maximum atomic E-state index is 12.6. The number of thioether (sulfide) groups is 1. The summed E-state index contributed by atoms with van der Waals surface area (Å²) in [6.45, 7) is 2.65.